The molecule has 1 N–H and O–H groups in total. The van der Waals surface area contributed by atoms with Crippen LogP contribution in [0.25, 0.3) is 0 Å². The van der Waals surface area contributed by atoms with Crippen molar-refractivity contribution in [2.45, 2.75) is 0 Å². The van der Waals surface area contributed by atoms with Crippen LogP contribution in [-0.4, -0.2) is 150 Å². The Morgan fingerprint density at radius 3 is 0.722 bits per heavy atom. The average Bonchev–Trinajstić information content (AvgIpc) is 2.89. The molecular formula is C24H46O12. The van der Waals surface area contributed by atoms with Gasteiger partial charge < -0.3 is 57.2 Å². The molecule has 0 atom stereocenters. The highest BCUT2D eigenvalue weighted by Gasteiger charge is 1.96. The summed E-state index contributed by atoms with van der Waals surface area (Å²) in [5.74, 6) is 0. The van der Waals surface area contributed by atoms with Crippen molar-refractivity contribution in [1.29, 1.82) is 0 Å². The Balaban J connectivity index is 3.01. The number of aliphatic hydroxyl groups excluding tert-OH is 1. The minimum atomic E-state index is 0.0259. The molecule has 0 bridgehead atoms. The summed E-state index contributed by atoms with van der Waals surface area (Å²) in [4.78, 5) is 0. The largest absolute Gasteiger partial charge is 0.444 e. The number of hydrogen-bond acceptors (Lipinski definition) is 12. The highest BCUT2D eigenvalue weighted by molar-refractivity contribution is 4.67. The van der Waals surface area contributed by atoms with Crippen LogP contribution in [-0.2, 0) is 52.1 Å². The summed E-state index contributed by atoms with van der Waals surface area (Å²) >= 11 is 0. The highest BCUT2D eigenvalue weighted by Crippen LogP contribution is 1.86. The molecule has 12 heteroatoms. The van der Waals surface area contributed by atoms with Gasteiger partial charge in [0, 0.05) is 0 Å². The Kier molecular flexibility index (Phi) is 32.9. The Bertz CT molecular complexity index is 436. The predicted octanol–water partition coefficient (Wildman–Crippen LogP) is -0.248. The molecule has 0 aromatic rings. The monoisotopic (exact) mass is 526 g/mol. The molecule has 0 heterocycles. The molecule has 0 aliphatic rings. The van der Waals surface area contributed by atoms with Gasteiger partial charge in [-0.05, 0) is 0 Å². The first-order valence-corrected chi connectivity index (χ1v) is 12.4. The van der Waals surface area contributed by atoms with E-state index in [1.807, 2.05) is 0 Å². The average molecular weight is 527 g/mol. The van der Waals surface area contributed by atoms with Gasteiger partial charge in [-0.15, -0.1) is 0 Å². The molecule has 0 aromatic heterocycles. The van der Waals surface area contributed by atoms with E-state index in [1.165, 1.54) is 0 Å². The molecule has 0 aromatic carbocycles. The van der Waals surface area contributed by atoms with E-state index in [0.29, 0.717) is 139 Å². The van der Waals surface area contributed by atoms with Crippen molar-refractivity contribution in [3.05, 3.63) is 0 Å². The molecular weight excluding hydrogens is 480 g/mol. The standard InChI is InChI=1S/C24H46O12/c1-2-26-5-6-28-9-10-30-13-14-32-17-18-34-21-22-36-24-23-35-20-19-33-16-15-31-12-11-29-8-7-27-4-3-25/h1,25H,3-24H2. The van der Waals surface area contributed by atoms with Crippen molar-refractivity contribution in [3.8, 4) is 12.5 Å². The van der Waals surface area contributed by atoms with Crippen LogP contribution in [0.3, 0.4) is 0 Å². The van der Waals surface area contributed by atoms with Crippen LogP contribution >= 0.6 is 0 Å². The summed E-state index contributed by atoms with van der Waals surface area (Å²) in [5, 5.41) is 8.55. The van der Waals surface area contributed by atoms with Gasteiger partial charge in [-0.3, -0.25) is 0 Å². The van der Waals surface area contributed by atoms with E-state index in [0.717, 1.165) is 0 Å². The minimum Gasteiger partial charge on any atom is -0.444 e. The summed E-state index contributed by atoms with van der Waals surface area (Å²) in [7, 11) is 0. The lowest BCUT2D eigenvalue weighted by molar-refractivity contribution is -0.0271. The van der Waals surface area contributed by atoms with E-state index in [9.17, 15) is 0 Å². The van der Waals surface area contributed by atoms with Crippen molar-refractivity contribution >= 4 is 0 Å². The topological polar surface area (TPSA) is 122 Å². The maximum absolute atomic E-state index is 8.55. The van der Waals surface area contributed by atoms with Crippen LogP contribution in [0.15, 0.2) is 0 Å². The van der Waals surface area contributed by atoms with E-state index in [2.05, 4.69) is 6.11 Å². The number of aliphatic hydroxyl groups is 1. The molecule has 0 rings (SSSR count). The van der Waals surface area contributed by atoms with Crippen LogP contribution < -0.4 is 0 Å². The Morgan fingerprint density at radius 2 is 0.528 bits per heavy atom. The predicted molar refractivity (Wildman–Crippen MR) is 130 cm³/mol. The van der Waals surface area contributed by atoms with Crippen LogP contribution in [0, 0.1) is 12.5 Å². The van der Waals surface area contributed by atoms with Gasteiger partial charge in [0.05, 0.1) is 139 Å². The number of ether oxygens (including phenoxy) is 11. The lowest BCUT2D eigenvalue weighted by atomic mass is 10.6. The first kappa shape index (κ1) is 34.9. The summed E-state index contributed by atoms with van der Waals surface area (Å²) in [5.41, 5.74) is 0. The summed E-state index contributed by atoms with van der Waals surface area (Å²) < 4.78 is 58.2. The molecule has 0 saturated heterocycles. The second-order valence-corrected chi connectivity index (χ2v) is 6.81. The van der Waals surface area contributed by atoms with Gasteiger partial charge in [-0.25, -0.2) is 0 Å². The van der Waals surface area contributed by atoms with E-state index < -0.39 is 0 Å². The van der Waals surface area contributed by atoms with Crippen molar-refractivity contribution in [1.82, 2.24) is 0 Å². The SMILES string of the molecule is C#COCCOCCOCCOCCOCCOCCOCCOCCOCCOCCOCCO. The van der Waals surface area contributed by atoms with Crippen molar-refractivity contribution in [2.75, 3.05) is 145 Å². The van der Waals surface area contributed by atoms with E-state index in [-0.39, 0.29) is 6.61 Å². The third-order valence-electron chi connectivity index (χ3n) is 4.00. The number of terminal acetylenes is 1. The fourth-order valence-electron chi connectivity index (χ4n) is 2.31. The lowest BCUT2D eigenvalue weighted by Gasteiger charge is -2.09. The maximum Gasteiger partial charge on any atom is 0.123 e. The Morgan fingerprint density at radius 1 is 0.333 bits per heavy atom. The highest BCUT2D eigenvalue weighted by atomic mass is 16.6. The van der Waals surface area contributed by atoms with Gasteiger partial charge in [-0.2, -0.15) is 0 Å². The van der Waals surface area contributed by atoms with E-state index >= 15 is 0 Å². The normalized spacial score (nSPS) is 11.1. The van der Waals surface area contributed by atoms with E-state index in [1.54, 1.807) is 0 Å². The molecule has 0 aliphatic heterocycles. The van der Waals surface area contributed by atoms with Gasteiger partial charge in [0.15, 0.2) is 0 Å². The second-order valence-electron chi connectivity index (χ2n) is 6.81. The van der Waals surface area contributed by atoms with Gasteiger partial charge in [0.2, 0.25) is 0 Å². The minimum absolute atomic E-state index is 0.0259. The number of rotatable bonds is 32. The van der Waals surface area contributed by atoms with Crippen molar-refractivity contribution in [3.63, 3.8) is 0 Å². The van der Waals surface area contributed by atoms with Crippen LogP contribution in [0.2, 0.25) is 0 Å². The molecule has 0 fully saturated rings. The third-order valence-corrected chi connectivity index (χ3v) is 4.00. The zero-order valence-corrected chi connectivity index (χ0v) is 21.6. The van der Waals surface area contributed by atoms with E-state index in [4.69, 9.17) is 63.6 Å². The first-order chi connectivity index (χ1) is 17.9. The van der Waals surface area contributed by atoms with Crippen LogP contribution in [0.4, 0.5) is 0 Å². The van der Waals surface area contributed by atoms with Crippen LogP contribution in [0.1, 0.15) is 0 Å². The van der Waals surface area contributed by atoms with Gasteiger partial charge >= 0.3 is 0 Å². The lowest BCUT2D eigenvalue weighted by Crippen LogP contribution is -2.15. The fraction of sp³-hybridized carbons (Fsp3) is 0.917. The molecule has 0 aliphatic carbocycles. The molecule has 12 nitrogen and oxygen atoms in total. The fourth-order valence-corrected chi connectivity index (χ4v) is 2.31. The van der Waals surface area contributed by atoms with Gasteiger partial charge in [0.25, 0.3) is 0 Å². The zero-order chi connectivity index (χ0) is 26.0. The summed E-state index contributed by atoms with van der Waals surface area (Å²) in [6, 6.07) is 0. The summed E-state index contributed by atoms with van der Waals surface area (Å²) in [6.07, 6.45) is 7.02. The van der Waals surface area contributed by atoms with Crippen molar-refractivity contribution in [2.24, 2.45) is 0 Å². The first-order valence-electron chi connectivity index (χ1n) is 12.4. The van der Waals surface area contributed by atoms with Gasteiger partial charge in [0.1, 0.15) is 12.7 Å². The molecule has 0 saturated carbocycles. The Labute approximate surface area is 215 Å². The molecule has 0 spiro atoms. The maximum atomic E-state index is 8.55. The molecule has 0 radical (unpaired) electrons. The zero-order valence-electron chi connectivity index (χ0n) is 21.6. The molecule has 214 valence electrons. The summed E-state index contributed by atoms with van der Waals surface area (Å²) in [6.45, 7) is 10.2. The molecule has 36 heavy (non-hydrogen) atoms. The Hall–Kier alpha value is -1.08. The quantitative estimate of drug-likeness (QED) is 0.0919. The molecule has 0 amide bonds. The number of hydrogen-bond donors (Lipinski definition) is 1. The van der Waals surface area contributed by atoms with Gasteiger partial charge in [-0.1, -0.05) is 6.42 Å². The third kappa shape index (κ3) is 32.9. The second kappa shape index (κ2) is 33.9. The smallest absolute Gasteiger partial charge is 0.123 e. The van der Waals surface area contributed by atoms with Crippen molar-refractivity contribution < 1.29 is 57.2 Å². The molecule has 0 unspecified atom stereocenters. The van der Waals surface area contributed by atoms with Crippen LogP contribution in [0.5, 0.6) is 0 Å².